The standard InChI is InChI=1S/C28H28F4NO5PS/c1-3-5-14-37-25(34)22-17-27(29,30)18-33(22)39(38-21-9-7-6-8-10-21)28(31,32)20-11-12-23-19(15-20)16-24(40-23)26(35)36-13-4-2/h4,6-12,15-16,22H,2-3,5,13-14,17-18H2,1H3. The first-order valence-electron chi connectivity index (χ1n) is 12.6. The van der Waals surface area contributed by atoms with Crippen LogP contribution in [0.2, 0.25) is 0 Å². The van der Waals surface area contributed by atoms with Crippen LogP contribution in [0.1, 0.15) is 41.4 Å². The summed E-state index contributed by atoms with van der Waals surface area (Å²) in [6.07, 6.45) is 1.68. The SMILES string of the molecule is C=CCOC(=O)c1cc2cc(C(F)(F)P(Oc3ccccc3)N3CC(F)(F)CC3C(=O)OCCCC)ccc2s1. The van der Waals surface area contributed by atoms with Crippen molar-refractivity contribution in [2.45, 2.75) is 43.8 Å². The third kappa shape index (κ3) is 6.82. The van der Waals surface area contributed by atoms with Gasteiger partial charge in [-0.2, -0.15) is 8.78 Å². The Morgan fingerprint density at radius 1 is 1.18 bits per heavy atom. The second-order valence-corrected chi connectivity index (χ2v) is 12.1. The fraction of sp³-hybridized carbons (Fsp3) is 0.357. The molecule has 2 unspecified atom stereocenters. The normalized spacial score (nSPS) is 17.9. The molecule has 214 valence electrons. The molecule has 0 spiro atoms. The minimum absolute atomic E-state index is 0.0000319. The summed E-state index contributed by atoms with van der Waals surface area (Å²) in [5.41, 5.74) is -4.30. The quantitative estimate of drug-likeness (QED) is 0.0700. The van der Waals surface area contributed by atoms with Crippen LogP contribution in [-0.4, -0.2) is 48.3 Å². The largest absolute Gasteiger partial charge is 0.465 e. The van der Waals surface area contributed by atoms with Crippen LogP contribution < -0.4 is 4.52 Å². The van der Waals surface area contributed by atoms with Crippen LogP contribution >= 0.6 is 19.6 Å². The van der Waals surface area contributed by atoms with Gasteiger partial charge in [-0.05, 0) is 42.1 Å². The summed E-state index contributed by atoms with van der Waals surface area (Å²) >= 11 is 1.07. The summed E-state index contributed by atoms with van der Waals surface area (Å²) in [6, 6.07) is 11.3. The number of ether oxygens (including phenoxy) is 2. The van der Waals surface area contributed by atoms with Gasteiger partial charge in [0.2, 0.25) is 8.30 Å². The molecule has 6 nitrogen and oxygen atoms in total. The predicted molar refractivity (Wildman–Crippen MR) is 146 cm³/mol. The van der Waals surface area contributed by atoms with E-state index in [0.29, 0.717) is 22.9 Å². The summed E-state index contributed by atoms with van der Waals surface area (Å²) in [6.45, 7) is 4.27. The number of fused-ring (bicyclic) bond motifs is 1. The number of carbonyl (C=O) groups is 2. The third-order valence-electron chi connectivity index (χ3n) is 6.07. The van der Waals surface area contributed by atoms with Crippen LogP contribution in [0.25, 0.3) is 10.1 Å². The number of thiophene rings is 1. The van der Waals surface area contributed by atoms with E-state index in [-0.39, 0.29) is 23.8 Å². The zero-order valence-electron chi connectivity index (χ0n) is 21.7. The number of benzene rings is 2. The Kier molecular flexibility index (Phi) is 9.48. The molecule has 0 radical (unpaired) electrons. The number of nitrogens with zero attached hydrogens (tertiary/aromatic N) is 1. The first kappa shape index (κ1) is 30.0. The predicted octanol–water partition coefficient (Wildman–Crippen LogP) is 7.74. The zero-order chi connectivity index (χ0) is 28.9. The number of halogens is 4. The first-order chi connectivity index (χ1) is 19.1. The van der Waals surface area contributed by atoms with E-state index in [1.54, 1.807) is 18.2 Å². The maximum absolute atomic E-state index is 16.4. The Morgan fingerprint density at radius 3 is 2.62 bits per heavy atom. The smallest absolute Gasteiger partial charge is 0.348 e. The lowest BCUT2D eigenvalue weighted by Crippen LogP contribution is -2.38. The van der Waals surface area contributed by atoms with E-state index in [9.17, 15) is 18.4 Å². The first-order valence-corrected chi connectivity index (χ1v) is 14.6. The van der Waals surface area contributed by atoms with Gasteiger partial charge in [0.25, 0.3) is 5.92 Å². The molecule has 2 aromatic carbocycles. The molecule has 0 saturated carbocycles. The second kappa shape index (κ2) is 12.7. The molecule has 40 heavy (non-hydrogen) atoms. The van der Waals surface area contributed by atoms with Gasteiger partial charge in [-0.3, -0.25) is 4.79 Å². The van der Waals surface area contributed by atoms with E-state index in [2.05, 4.69) is 6.58 Å². The van der Waals surface area contributed by atoms with Gasteiger partial charge in [-0.15, -0.1) is 11.3 Å². The minimum atomic E-state index is -3.80. The summed E-state index contributed by atoms with van der Waals surface area (Å²) in [5.74, 6) is -4.96. The molecule has 12 heteroatoms. The van der Waals surface area contributed by atoms with E-state index in [4.69, 9.17) is 14.0 Å². The Hall–Kier alpha value is -3.01. The number of rotatable bonds is 12. The Labute approximate surface area is 234 Å². The van der Waals surface area contributed by atoms with Crippen LogP contribution in [0.3, 0.4) is 0 Å². The summed E-state index contributed by atoms with van der Waals surface area (Å²) in [7, 11) is -3.16. The fourth-order valence-electron chi connectivity index (χ4n) is 4.11. The van der Waals surface area contributed by atoms with Gasteiger partial charge in [0.15, 0.2) is 0 Å². The van der Waals surface area contributed by atoms with Crippen molar-refractivity contribution in [2.75, 3.05) is 19.8 Å². The van der Waals surface area contributed by atoms with Crippen molar-refractivity contribution in [1.29, 1.82) is 0 Å². The zero-order valence-corrected chi connectivity index (χ0v) is 23.4. The van der Waals surface area contributed by atoms with Crippen LogP contribution in [0, 0.1) is 0 Å². The molecular weight excluding hydrogens is 569 g/mol. The summed E-state index contributed by atoms with van der Waals surface area (Å²) in [4.78, 5) is 25.3. The number of alkyl halides is 4. The highest BCUT2D eigenvalue weighted by Crippen LogP contribution is 2.64. The van der Waals surface area contributed by atoms with Crippen molar-refractivity contribution in [3.63, 3.8) is 0 Å². The van der Waals surface area contributed by atoms with Crippen LogP contribution in [0.15, 0.2) is 67.3 Å². The van der Waals surface area contributed by atoms with Crippen molar-refractivity contribution < 1.29 is 41.1 Å². The van der Waals surface area contributed by atoms with Gasteiger partial charge < -0.3 is 14.0 Å². The van der Waals surface area contributed by atoms with Crippen molar-refractivity contribution >= 4 is 41.7 Å². The fourth-order valence-corrected chi connectivity index (χ4v) is 7.03. The van der Waals surface area contributed by atoms with Crippen LogP contribution in [-0.2, 0) is 19.9 Å². The average Bonchev–Trinajstić information content (AvgIpc) is 3.50. The lowest BCUT2D eigenvalue weighted by Gasteiger charge is -2.35. The van der Waals surface area contributed by atoms with Crippen molar-refractivity contribution in [3.8, 4) is 5.75 Å². The lowest BCUT2D eigenvalue weighted by atomic mass is 10.1. The van der Waals surface area contributed by atoms with Gasteiger partial charge in [0.1, 0.15) is 23.3 Å². The van der Waals surface area contributed by atoms with Gasteiger partial charge in [-0.1, -0.05) is 50.3 Å². The van der Waals surface area contributed by atoms with Gasteiger partial charge in [0.05, 0.1) is 13.2 Å². The highest BCUT2D eigenvalue weighted by Gasteiger charge is 2.59. The molecule has 1 aliphatic heterocycles. The van der Waals surface area contributed by atoms with Crippen molar-refractivity contribution in [2.24, 2.45) is 0 Å². The molecular formula is C28H28F4NO5PS. The number of para-hydroxylation sites is 1. The van der Waals surface area contributed by atoms with Gasteiger partial charge in [0, 0.05) is 16.7 Å². The number of hydrogen-bond acceptors (Lipinski definition) is 7. The van der Waals surface area contributed by atoms with Crippen molar-refractivity contribution in [3.05, 3.63) is 77.7 Å². The molecule has 0 amide bonds. The average molecular weight is 598 g/mol. The van der Waals surface area contributed by atoms with Crippen LogP contribution in [0.4, 0.5) is 17.6 Å². The van der Waals surface area contributed by atoms with Gasteiger partial charge in [-0.25, -0.2) is 18.2 Å². The highest BCUT2D eigenvalue weighted by atomic mass is 32.1. The van der Waals surface area contributed by atoms with E-state index >= 15 is 8.78 Å². The van der Waals surface area contributed by atoms with E-state index in [1.165, 1.54) is 42.5 Å². The van der Waals surface area contributed by atoms with Crippen LogP contribution in [0.5, 0.6) is 5.75 Å². The van der Waals surface area contributed by atoms with E-state index < -0.39 is 56.4 Å². The van der Waals surface area contributed by atoms with Crippen molar-refractivity contribution in [1.82, 2.24) is 4.67 Å². The summed E-state index contributed by atoms with van der Waals surface area (Å²) < 4.78 is 79.3. The topological polar surface area (TPSA) is 65.1 Å². The molecule has 1 fully saturated rings. The van der Waals surface area contributed by atoms with E-state index in [1.807, 2.05) is 6.92 Å². The molecule has 0 bridgehead atoms. The number of carbonyl (C=O) groups excluding carboxylic acids is 2. The highest BCUT2D eigenvalue weighted by molar-refractivity contribution is 7.51. The molecule has 1 aliphatic rings. The second-order valence-electron chi connectivity index (χ2n) is 9.16. The number of esters is 2. The molecule has 2 atom stereocenters. The Bertz CT molecular complexity index is 1350. The lowest BCUT2D eigenvalue weighted by molar-refractivity contribution is -0.148. The molecule has 0 aliphatic carbocycles. The monoisotopic (exact) mass is 597 g/mol. The third-order valence-corrected chi connectivity index (χ3v) is 9.17. The maximum Gasteiger partial charge on any atom is 0.348 e. The Balaban J connectivity index is 1.71. The maximum atomic E-state index is 16.4. The molecule has 1 saturated heterocycles. The molecule has 3 aromatic rings. The molecule has 2 heterocycles. The molecule has 0 N–H and O–H groups in total. The number of hydrogen-bond donors (Lipinski definition) is 0. The summed E-state index contributed by atoms with van der Waals surface area (Å²) in [5, 5.41) is 0.352. The number of unbranched alkanes of at least 4 members (excludes halogenated alkanes) is 1. The molecule has 4 rings (SSSR count). The van der Waals surface area contributed by atoms with Gasteiger partial charge >= 0.3 is 17.6 Å². The Morgan fingerprint density at radius 2 is 1.93 bits per heavy atom. The van der Waals surface area contributed by atoms with E-state index in [0.717, 1.165) is 16.0 Å². The minimum Gasteiger partial charge on any atom is -0.465 e. The molecule has 1 aromatic heterocycles.